The number of aromatic nitrogens is 2. The molecule has 2 heterocycles. The molecular weight excluding hydrogens is 306 g/mol. The average Bonchev–Trinajstić information content (AvgIpc) is 2.74. The molecule has 0 saturated carbocycles. The molecule has 7 heteroatoms. The molecule has 0 spiro atoms. The van der Waals surface area contributed by atoms with Crippen molar-refractivity contribution in [2.45, 2.75) is 6.54 Å². The summed E-state index contributed by atoms with van der Waals surface area (Å²) in [6.07, 6.45) is 0. The van der Waals surface area contributed by atoms with Crippen LogP contribution in [0, 0.1) is 0 Å². The zero-order valence-corrected chi connectivity index (χ0v) is 10.8. The zero-order valence-electron chi connectivity index (χ0n) is 6.83. The molecule has 2 rings (SSSR count). The second kappa shape index (κ2) is 4.57. The van der Waals surface area contributed by atoms with Gasteiger partial charge in [-0.05, 0) is 33.5 Å². The van der Waals surface area contributed by atoms with Gasteiger partial charge < -0.3 is 5.32 Å². The number of thiophene rings is 1. The molecule has 2 aromatic heterocycles. The van der Waals surface area contributed by atoms with E-state index in [1.54, 1.807) is 11.3 Å². The third-order valence-corrected chi connectivity index (χ3v) is 4.48. The Hall–Kier alpha value is -0.170. The highest BCUT2D eigenvalue weighted by Crippen LogP contribution is 2.32. The SMILES string of the molecule is Clc1sc(CNc2csnn2)cc1Br. The first-order valence-corrected chi connectivity index (χ1v) is 6.53. The highest BCUT2D eigenvalue weighted by Gasteiger charge is 2.04. The summed E-state index contributed by atoms with van der Waals surface area (Å²) in [5.41, 5.74) is 0. The molecule has 0 unspecified atom stereocenters. The van der Waals surface area contributed by atoms with Gasteiger partial charge in [0.1, 0.15) is 4.34 Å². The maximum atomic E-state index is 5.91. The van der Waals surface area contributed by atoms with Gasteiger partial charge in [0.2, 0.25) is 0 Å². The Kier molecular flexibility index (Phi) is 3.38. The normalized spacial score (nSPS) is 10.4. The summed E-state index contributed by atoms with van der Waals surface area (Å²) in [5.74, 6) is 0.802. The molecule has 0 radical (unpaired) electrons. The Bertz CT molecular complexity index is 395. The highest BCUT2D eigenvalue weighted by molar-refractivity contribution is 9.10. The first-order valence-electron chi connectivity index (χ1n) is 3.70. The number of nitrogens with one attached hydrogen (secondary N) is 1. The molecule has 0 atom stereocenters. The van der Waals surface area contributed by atoms with Gasteiger partial charge in [-0.2, -0.15) is 0 Å². The van der Waals surface area contributed by atoms with E-state index in [0.717, 1.165) is 26.0 Å². The second-order valence-electron chi connectivity index (χ2n) is 2.48. The molecule has 3 nitrogen and oxygen atoms in total. The smallest absolute Gasteiger partial charge is 0.161 e. The van der Waals surface area contributed by atoms with E-state index in [1.807, 2.05) is 11.4 Å². The lowest BCUT2D eigenvalue weighted by molar-refractivity contribution is 1.09. The fraction of sp³-hybridized carbons (Fsp3) is 0.143. The minimum atomic E-state index is 0.724. The molecule has 0 aromatic carbocycles. The number of hydrogen-bond donors (Lipinski definition) is 1. The van der Waals surface area contributed by atoms with Gasteiger partial charge in [0.15, 0.2) is 5.82 Å². The van der Waals surface area contributed by atoms with Crippen molar-refractivity contribution < 1.29 is 0 Å². The maximum Gasteiger partial charge on any atom is 0.161 e. The number of nitrogens with zero attached hydrogens (tertiary/aromatic N) is 2. The summed E-state index contributed by atoms with van der Waals surface area (Å²) >= 11 is 12.1. The van der Waals surface area contributed by atoms with Crippen LogP contribution >= 0.6 is 50.4 Å². The van der Waals surface area contributed by atoms with Crippen LogP contribution in [0.4, 0.5) is 5.82 Å². The molecule has 2 aromatic rings. The molecule has 14 heavy (non-hydrogen) atoms. The summed E-state index contributed by atoms with van der Waals surface area (Å²) in [6, 6.07) is 2.00. The predicted molar refractivity (Wildman–Crippen MR) is 64.3 cm³/mol. The largest absolute Gasteiger partial charge is 0.363 e. The molecule has 0 aliphatic carbocycles. The van der Waals surface area contributed by atoms with E-state index in [0.29, 0.717) is 0 Å². The van der Waals surface area contributed by atoms with E-state index in [-0.39, 0.29) is 0 Å². The monoisotopic (exact) mass is 309 g/mol. The number of anilines is 1. The van der Waals surface area contributed by atoms with E-state index in [4.69, 9.17) is 11.6 Å². The Morgan fingerprint density at radius 3 is 3.00 bits per heavy atom. The van der Waals surface area contributed by atoms with Crippen LogP contribution in [-0.4, -0.2) is 9.59 Å². The summed E-state index contributed by atoms with van der Waals surface area (Å²) < 4.78 is 5.47. The fourth-order valence-electron chi connectivity index (χ4n) is 0.898. The van der Waals surface area contributed by atoms with Crippen LogP contribution in [0.5, 0.6) is 0 Å². The Morgan fingerprint density at radius 1 is 1.57 bits per heavy atom. The second-order valence-corrected chi connectivity index (χ2v) is 5.68. The van der Waals surface area contributed by atoms with Crippen molar-refractivity contribution in [2.24, 2.45) is 0 Å². The van der Waals surface area contributed by atoms with E-state index in [2.05, 4.69) is 30.8 Å². The minimum absolute atomic E-state index is 0.724. The van der Waals surface area contributed by atoms with E-state index in [9.17, 15) is 0 Å². The number of halogens is 2. The molecule has 0 bridgehead atoms. The average molecular weight is 311 g/mol. The number of hydrogen-bond acceptors (Lipinski definition) is 5. The van der Waals surface area contributed by atoms with Gasteiger partial charge in [-0.3, -0.25) is 0 Å². The molecule has 0 aliphatic heterocycles. The lowest BCUT2D eigenvalue weighted by Crippen LogP contribution is -1.97. The Labute approximate surface area is 102 Å². The first kappa shape index (κ1) is 10.4. The van der Waals surface area contributed by atoms with Crippen LogP contribution in [0.1, 0.15) is 4.88 Å². The van der Waals surface area contributed by atoms with Crippen molar-refractivity contribution in [2.75, 3.05) is 5.32 Å². The molecule has 0 saturated heterocycles. The van der Waals surface area contributed by atoms with E-state index < -0.39 is 0 Å². The molecule has 1 N–H and O–H groups in total. The van der Waals surface area contributed by atoms with Gasteiger partial charge in [0.05, 0.1) is 11.9 Å². The van der Waals surface area contributed by atoms with Crippen LogP contribution in [0.3, 0.4) is 0 Å². The molecular formula is C7H5BrClN3S2. The lowest BCUT2D eigenvalue weighted by Gasteiger charge is -1.97. The molecule has 0 amide bonds. The van der Waals surface area contributed by atoms with Gasteiger partial charge in [0.25, 0.3) is 0 Å². The van der Waals surface area contributed by atoms with Crippen molar-refractivity contribution in [3.63, 3.8) is 0 Å². The van der Waals surface area contributed by atoms with Gasteiger partial charge in [0, 0.05) is 9.35 Å². The Balaban J connectivity index is 1.98. The van der Waals surface area contributed by atoms with Crippen LogP contribution in [-0.2, 0) is 6.54 Å². The topological polar surface area (TPSA) is 37.8 Å². The third-order valence-electron chi connectivity index (χ3n) is 1.50. The van der Waals surface area contributed by atoms with Crippen molar-refractivity contribution in [1.82, 2.24) is 9.59 Å². The van der Waals surface area contributed by atoms with Crippen LogP contribution in [0.25, 0.3) is 0 Å². The van der Waals surface area contributed by atoms with Crippen molar-refractivity contribution in [3.8, 4) is 0 Å². The third kappa shape index (κ3) is 2.44. The van der Waals surface area contributed by atoms with Crippen molar-refractivity contribution in [1.29, 1.82) is 0 Å². The highest BCUT2D eigenvalue weighted by atomic mass is 79.9. The van der Waals surface area contributed by atoms with E-state index in [1.165, 1.54) is 11.5 Å². The van der Waals surface area contributed by atoms with Crippen LogP contribution < -0.4 is 5.32 Å². The van der Waals surface area contributed by atoms with Gasteiger partial charge in [-0.1, -0.05) is 16.1 Å². The molecule has 74 valence electrons. The van der Waals surface area contributed by atoms with Crippen LogP contribution in [0.2, 0.25) is 4.34 Å². The standard InChI is InChI=1S/C7H5BrClN3S2/c8-5-1-4(14-7(5)9)2-10-6-3-13-12-11-6/h1,3,10H,2H2. The summed E-state index contributed by atoms with van der Waals surface area (Å²) in [7, 11) is 0. The van der Waals surface area contributed by atoms with Gasteiger partial charge in [-0.15, -0.1) is 16.4 Å². The van der Waals surface area contributed by atoms with Crippen LogP contribution in [0.15, 0.2) is 15.9 Å². The number of rotatable bonds is 3. The maximum absolute atomic E-state index is 5.91. The fourth-order valence-corrected chi connectivity index (χ4v) is 3.04. The summed E-state index contributed by atoms with van der Waals surface area (Å²) in [6.45, 7) is 0.724. The predicted octanol–water partition coefficient (Wildman–Crippen LogP) is 3.63. The van der Waals surface area contributed by atoms with Gasteiger partial charge >= 0.3 is 0 Å². The molecule has 0 fully saturated rings. The van der Waals surface area contributed by atoms with E-state index >= 15 is 0 Å². The lowest BCUT2D eigenvalue weighted by atomic mass is 10.4. The summed E-state index contributed by atoms with van der Waals surface area (Å²) in [4.78, 5) is 1.16. The molecule has 0 aliphatic rings. The quantitative estimate of drug-likeness (QED) is 0.941. The van der Waals surface area contributed by atoms with Crippen molar-refractivity contribution >= 4 is 56.2 Å². The van der Waals surface area contributed by atoms with Gasteiger partial charge in [-0.25, -0.2) is 0 Å². The zero-order chi connectivity index (χ0) is 9.97. The summed E-state index contributed by atoms with van der Waals surface area (Å²) in [5, 5.41) is 8.89. The van der Waals surface area contributed by atoms with Crippen molar-refractivity contribution in [3.05, 3.63) is 25.1 Å². The first-order chi connectivity index (χ1) is 6.75. The Morgan fingerprint density at radius 2 is 2.43 bits per heavy atom. The minimum Gasteiger partial charge on any atom is -0.363 e.